The summed E-state index contributed by atoms with van der Waals surface area (Å²) in [4.78, 5) is 0. The molecular weight excluding hydrogens is 242 g/mol. The second-order valence-corrected chi connectivity index (χ2v) is 4.72. The van der Waals surface area contributed by atoms with Crippen LogP contribution < -0.4 is 4.74 Å². The summed E-state index contributed by atoms with van der Waals surface area (Å²) >= 11 is 0. The predicted molar refractivity (Wildman–Crippen MR) is 73.4 cm³/mol. The van der Waals surface area contributed by atoms with E-state index in [0.717, 1.165) is 43.7 Å². The van der Waals surface area contributed by atoms with Crippen molar-refractivity contribution in [2.24, 2.45) is 0 Å². The van der Waals surface area contributed by atoms with Gasteiger partial charge >= 0.3 is 0 Å². The Morgan fingerprint density at radius 1 is 1.26 bits per heavy atom. The third-order valence-electron chi connectivity index (χ3n) is 3.50. The Hall–Kier alpha value is -1.52. The van der Waals surface area contributed by atoms with Gasteiger partial charge < -0.3 is 18.8 Å². The zero-order valence-corrected chi connectivity index (χ0v) is 11.2. The molecule has 0 spiro atoms. The van der Waals surface area contributed by atoms with E-state index < -0.39 is 0 Å². The molecule has 2 heterocycles. The van der Waals surface area contributed by atoms with E-state index >= 15 is 0 Å². The van der Waals surface area contributed by atoms with Crippen LogP contribution in [0.2, 0.25) is 0 Å². The summed E-state index contributed by atoms with van der Waals surface area (Å²) in [6.07, 6.45) is 3.91. The first kappa shape index (κ1) is 12.5. The van der Waals surface area contributed by atoms with Gasteiger partial charge in [-0.05, 0) is 24.6 Å². The fourth-order valence-corrected chi connectivity index (χ4v) is 2.52. The van der Waals surface area contributed by atoms with Gasteiger partial charge in [0.2, 0.25) is 0 Å². The second kappa shape index (κ2) is 5.63. The van der Waals surface area contributed by atoms with E-state index in [9.17, 15) is 0 Å². The van der Waals surface area contributed by atoms with Crippen LogP contribution in [0.4, 0.5) is 0 Å². The molecule has 1 aromatic heterocycles. The van der Waals surface area contributed by atoms with Gasteiger partial charge in [-0.2, -0.15) is 0 Å². The lowest BCUT2D eigenvalue weighted by Crippen LogP contribution is -2.25. The third kappa shape index (κ3) is 2.60. The van der Waals surface area contributed by atoms with Gasteiger partial charge in [0.15, 0.2) is 6.29 Å². The highest BCUT2D eigenvalue weighted by molar-refractivity contribution is 5.86. The van der Waals surface area contributed by atoms with E-state index in [1.165, 1.54) is 5.52 Å². The van der Waals surface area contributed by atoms with E-state index in [0.29, 0.717) is 0 Å². The first-order chi connectivity index (χ1) is 9.38. The Balaban J connectivity index is 1.74. The van der Waals surface area contributed by atoms with Crippen molar-refractivity contribution in [1.29, 1.82) is 0 Å². The van der Waals surface area contributed by atoms with E-state index in [1.54, 1.807) is 7.11 Å². The van der Waals surface area contributed by atoms with Crippen LogP contribution in [0.1, 0.15) is 12.8 Å². The lowest BCUT2D eigenvalue weighted by atomic mass is 10.2. The molecule has 0 unspecified atom stereocenters. The molecule has 0 atom stereocenters. The largest absolute Gasteiger partial charge is 0.496 e. The molecule has 3 rings (SSSR count). The number of hydrogen-bond acceptors (Lipinski definition) is 3. The molecule has 1 fully saturated rings. The molecule has 102 valence electrons. The van der Waals surface area contributed by atoms with E-state index in [1.807, 2.05) is 12.1 Å². The number of methoxy groups -OCH3 is 1. The molecule has 0 saturated carbocycles. The topological polar surface area (TPSA) is 32.6 Å². The number of nitrogens with zero attached hydrogens (tertiary/aromatic N) is 1. The SMILES string of the molecule is COc1cccc2c1ccn2CCC1OCCCO1. The zero-order chi connectivity index (χ0) is 13.1. The Kier molecular flexibility index (Phi) is 3.71. The lowest BCUT2D eigenvalue weighted by molar-refractivity contribution is -0.182. The van der Waals surface area contributed by atoms with Crippen LogP contribution in [0.25, 0.3) is 10.9 Å². The van der Waals surface area contributed by atoms with E-state index in [4.69, 9.17) is 14.2 Å². The molecule has 0 bridgehead atoms. The smallest absolute Gasteiger partial charge is 0.159 e. The summed E-state index contributed by atoms with van der Waals surface area (Å²) in [5.41, 5.74) is 1.19. The summed E-state index contributed by atoms with van der Waals surface area (Å²) in [7, 11) is 1.70. The number of ether oxygens (including phenoxy) is 3. The maximum absolute atomic E-state index is 5.57. The van der Waals surface area contributed by atoms with Crippen molar-refractivity contribution in [3.8, 4) is 5.75 Å². The van der Waals surface area contributed by atoms with Crippen LogP contribution in [0, 0.1) is 0 Å². The summed E-state index contributed by atoms with van der Waals surface area (Å²) in [5.74, 6) is 0.918. The highest BCUT2D eigenvalue weighted by atomic mass is 16.7. The van der Waals surface area contributed by atoms with Crippen LogP contribution in [0.15, 0.2) is 30.5 Å². The summed E-state index contributed by atoms with van der Waals surface area (Å²) in [6, 6.07) is 8.21. The molecule has 0 amide bonds. The molecule has 0 aliphatic carbocycles. The Bertz CT molecular complexity index is 543. The molecule has 1 saturated heterocycles. The van der Waals surface area contributed by atoms with Crippen molar-refractivity contribution in [2.45, 2.75) is 25.7 Å². The molecule has 1 aliphatic heterocycles. The predicted octanol–water partition coefficient (Wildman–Crippen LogP) is 2.80. The quantitative estimate of drug-likeness (QED) is 0.848. The minimum absolute atomic E-state index is 0.0585. The molecule has 19 heavy (non-hydrogen) atoms. The van der Waals surface area contributed by atoms with Crippen molar-refractivity contribution in [1.82, 2.24) is 4.57 Å². The van der Waals surface area contributed by atoms with Gasteiger partial charge in [-0.3, -0.25) is 0 Å². The highest BCUT2D eigenvalue weighted by Gasteiger charge is 2.14. The first-order valence-corrected chi connectivity index (χ1v) is 6.73. The molecular formula is C15H19NO3. The second-order valence-electron chi connectivity index (χ2n) is 4.72. The summed E-state index contributed by atoms with van der Waals surface area (Å²) in [6.45, 7) is 2.51. The number of hydrogen-bond donors (Lipinski definition) is 0. The Morgan fingerprint density at radius 2 is 2.11 bits per heavy atom. The summed E-state index contributed by atoms with van der Waals surface area (Å²) < 4.78 is 18.7. The van der Waals surface area contributed by atoms with Crippen molar-refractivity contribution in [3.63, 3.8) is 0 Å². The molecule has 1 aliphatic rings. The zero-order valence-electron chi connectivity index (χ0n) is 11.2. The van der Waals surface area contributed by atoms with Crippen LogP contribution in [-0.2, 0) is 16.0 Å². The fraction of sp³-hybridized carbons (Fsp3) is 0.467. The minimum atomic E-state index is -0.0585. The molecule has 4 nitrogen and oxygen atoms in total. The van der Waals surface area contributed by atoms with Crippen LogP contribution >= 0.6 is 0 Å². The Morgan fingerprint density at radius 3 is 2.89 bits per heavy atom. The van der Waals surface area contributed by atoms with Gasteiger partial charge in [-0.1, -0.05) is 6.07 Å². The van der Waals surface area contributed by atoms with Gasteiger partial charge in [-0.15, -0.1) is 0 Å². The normalized spacial score (nSPS) is 16.9. The van der Waals surface area contributed by atoms with Crippen LogP contribution in [0.5, 0.6) is 5.75 Å². The third-order valence-corrected chi connectivity index (χ3v) is 3.50. The fourth-order valence-electron chi connectivity index (χ4n) is 2.52. The minimum Gasteiger partial charge on any atom is -0.496 e. The molecule has 1 aromatic carbocycles. The van der Waals surface area contributed by atoms with Gasteiger partial charge in [-0.25, -0.2) is 0 Å². The highest BCUT2D eigenvalue weighted by Crippen LogP contribution is 2.26. The maximum Gasteiger partial charge on any atom is 0.159 e. The molecule has 0 N–H and O–H groups in total. The average molecular weight is 261 g/mol. The summed E-state index contributed by atoms with van der Waals surface area (Å²) in [5, 5.41) is 1.15. The average Bonchev–Trinajstić information content (AvgIpc) is 2.89. The number of rotatable bonds is 4. The number of fused-ring (bicyclic) bond motifs is 1. The van der Waals surface area contributed by atoms with Gasteiger partial charge in [0, 0.05) is 24.5 Å². The van der Waals surface area contributed by atoms with Crippen molar-refractivity contribution in [3.05, 3.63) is 30.5 Å². The van der Waals surface area contributed by atoms with Crippen LogP contribution in [0.3, 0.4) is 0 Å². The number of aromatic nitrogens is 1. The molecule has 2 aromatic rings. The Labute approximate surface area is 112 Å². The number of benzene rings is 1. The molecule has 4 heteroatoms. The lowest BCUT2D eigenvalue weighted by Gasteiger charge is -2.23. The van der Waals surface area contributed by atoms with Crippen molar-refractivity contribution < 1.29 is 14.2 Å². The van der Waals surface area contributed by atoms with E-state index in [2.05, 4.69) is 22.9 Å². The van der Waals surface area contributed by atoms with E-state index in [-0.39, 0.29) is 6.29 Å². The monoisotopic (exact) mass is 261 g/mol. The van der Waals surface area contributed by atoms with Gasteiger partial charge in [0.05, 0.1) is 25.8 Å². The van der Waals surface area contributed by atoms with Crippen LogP contribution in [-0.4, -0.2) is 31.2 Å². The molecule has 0 radical (unpaired) electrons. The van der Waals surface area contributed by atoms with Crippen molar-refractivity contribution in [2.75, 3.05) is 20.3 Å². The maximum atomic E-state index is 5.57. The standard InChI is InChI=1S/C15H19NO3/c1-17-14-5-2-4-13-12(14)6-8-16(13)9-7-15-18-10-3-11-19-15/h2,4-6,8,15H,3,7,9-11H2,1H3. The van der Waals surface area contributed by atoms with Gasteiger partial charge in [0.1, 0.15) is 5.75 Å². The number of aryl methyl sites for hydroxylation is 1. The van der Waals surface area contributed by atoms with Gasteiger partial charge in [0.25, 0.3) is 0 Å². The first-order valence-electron chi connectivity index (χ1n) is 6.73. The van der Waals surface area contributed by atoms with Crippen molar-refractivity contribution >= 4 is 10.9 Å².